The van der Waals surface area contributed by atoms with Crippen LogP contribution in [0.25, 0.3) is 0 Å². The normalized spacial score (nSPS) is 12.2. The molecule has 7 nitrogen and oxygen atoms in total. The van der Waals surface area contributed by atoms with Crippen molar-refractivity contribution in [3.05, 3.63) is 112 Å². The number of Topliss-reactive ketones (excluding diaryl/α,β-unsaturated/α-hetero) is 1. The van der Waals surface area contributed by atoms with E-state index in [0.717, 1.165) is 33.0 Å². The second-order valence-electron chi connectivity index (χ2n) is 10.6. The van der Waals surface area contributed by atoms with Gasteiger partial charge in [0.05, 0.1) is 11.4 Å². The van der Waals surface area contributed by atoms with Gasteiger partial charge in [0.2, 0.25) is 5.78 Å². The lowest BCUT2D eigenvalue weighted by atomic mass is 9.98. The van der Waals surface area contributed by atoms with Gasteiger partial charge in [0, 0.05) is 47.2 Å². The molecule has 0 N–H and O–H groups in total. The summed E-state index contributed by atoms with van der Waals surface area (Å²) in [5.74, 6) is 0.560. The van der Waals surface area contributed by atoms with E-state index < -0.39 is 5.97 Å². The molecule has 224 valence electrons. The van der Waals surface area contributed by atoms with Gasteiger partial charge in [-0.1, -0.05) is 47.6 Å². The molecule has 0 bridgehead atoms. The average molecular weight is 607 g/mol. The van der Waals surface area contributed by atoms with E-state index in [-0.39, 0.29) is 17.3 Å². The molecule has 0 fully saturated rings. The number of oxime groups is 1. The van der Waals surface area contributed by atoms with Crippen LogP contribution in [0.15, 0.2) is 88.9 Å². The highest BCUT2D eigenvalue weighted by molar-refractivity contribution is 7.99. The molecule has 0 amide bonds. The van der Waals surface area contributed by atoms with E-state index in [1.807, 2.05) is 62.4 Å². The van der Waals surface area contributed by atoms with Crippen molar-refractivity contribution in [3.8, 4) is 11.5 Å². The Morgan fingerprint density at radius 3 is 2.07 bits per heavy atom. The molecule has 8 heteroatoms. The predicted molar refractivity (Wildman–Crippen MR) is 175 cm³/mol. The number of hydrogen-bond donors (Lipinski definition) is 0. The third-order valence-electron chi connectivity index (χ3n) is 7.49. The van der Waals surface area contributed by atoms with Gasteiger partial charge in [-0.3, -0.25) is 9.59 Å². The third-order valence-corrected chi connectivity index (χ3v) is 8.83. The molecule has 0 saturated carbocycles. The number of aryl methyl sites for hydroxylation is 3. The van der Waals surface area contributed by atoms with Crippen molar-refractivity contribution in [1.82, 2.24) is 0 Å². The van der Waals surface area contributed by atoms with Crippen molar-refractivity contribution < 1.29 is 24.0 Å². The van der Waals surface area contributed by atoms with Gasteiger partial charge in [-0.15, -0.1) is 11.8 Å². The number of carbonyl (C=O) groups is 3. The van der Waals surface area contributed by atoms with Crippen LogP contribution in [0.2, 0.25) is 0 Å². The number of ketones is 2. The number of hydrogen-bond acceptors (Lipinski definition) is 8. The standard InChI is InChI=1S/C36H34N2O5S/c1-6-38-30-16-14-26(34(40)28-13-8-7-10-22(28)2)20-32(30)42-33-21-27(15-17-31(33)38)35(41)29(37-43-25(5)39)18-19-44-36-23(3)11-9-12-24(36)4/h7-17,20-21H,6,18-19H2,1-5H3/b37-29+. The number of rotatable bonds is 10. The minimum Gasteiger partial charge on any atom is -0.453 e. The van der Waals surface area contributed by atoms with Crippen LogP contribution < -0.4 is 9.64 Å². The minimum atomic E-state index is -0.599. The predicted octanol–water partition coefficient (Wildman–Crippen LogP) is 8.39. The lowest BCUT2D eigenvalue weighted by Crippen LogP contribution is -2.22. The molecule has 5 rings (SSSR count). The zero-order valence-corrected chi connectivity index (χ0v) is 26.3. The van der Waals surface area contributed by atoms with Gasteiger partial charge < -0.3 is 14.5 Å². The van der Waals surface area contributed by atoms with Crippen LogP contribution in [-0.2, 0) is 9.63 Å². The summed E-state index contributed by atoms with van der Waals surface area (Å²) in [5, 5.41) is 3.94. The molecule has 1 aliphatic heterocycles. The molecule has 1 aliphatic rings. The molecule has 0 spiro atoms. The summed E-state index contributed by atoms with van der Waals surface area (Å²) in [6.45, 7) is 9.95. The van der Waals surface area contributed by atoms with Crippen molar-refractivity contribution in [3.63, 3.8) is 0 Å². The molecular weight excluding hydrogens is 572 g/mol. The van der Waals surface area contributed by atoms with Crippen LogP contribution in [0, 0.1) is 20.8 Å². The number of fused-ring (bicyclic) bond motifs is 2. The van der Waals surface area contributed by atoms with Crippen LogP contribution in [0.1, 0.15) is 63.2 Å². The fourth-order valence-corrected chi connectivity index (χ4v) is 6.35. The molecule has 4 aromatic rings. The van der Waals surface area contributed by atoms with E-state index in [2.05, 4.69) is 36.0 Å². The molecule has 0 radical (unpaired) electrons. The van der Waals surface area contributed by atoms with Crippen LogP contribution in [0.3, 0.4) is 0 Å². The maximum atomic E-state index is 13.7. The Kier molecular flexibility index (Phi) is 9.30. The highest BCUT2D eigenvalue weighted by atomic mass is 32.2. The number of benzene rings is 4. The SMILES string of the molecule is CCN1c2ccc(C(=O)/C(CCSc3c(C)cccc3C)=N/OC(C)=O)cc2Oc2cc(C(=O)c3ccccc3C)ccc21. The van der Waals surface area contributed by atoms with Gasteiger partial charge >= 0.3 is 5.97 Å². The summed E-state index contributed by atoms with van der Waals surface area (Å²) >= 11 is 1.64. The molecule has 1 heterocycles. The smallest absolute Gasteiger partial charge is 0.331 e. The second-order valence-corrected chi connectivity index (χ2v) is 11.7. The Balaban J connectivity index is 1.41. The highest BCUT2D eigenvalue weighted by Crippen LogP contribution is 2.47. The van der Waals surface area contributed by atoms with Crippen LogP contribution in [-0.4, -0.2) is 35.5 Å². The molecule has 0 aromatic heterocycles. The number of ether oxygens (including phenoxy) is 1. The maximum absolute atomic E-state index is 13.7. The van der Waals surface area contributed by atoms with E-state index in [9.17, 15) is 14.4 Å². The third kappa shape index (κ3) is 6.45. The first-order valence-corrected chi connectivity index (χ1v) is 15.5. The van der Waals surface area contributed by atoms with Crippen LogP contribution >= 0.6 is 11.8 Å². The molecule has 44 heavy (non-hydrogen) atoms. The second kappa shape index (κ2) is 13.3. The fourth-order valence-electron chi connectivity index (χ4n) is 5.26. The summed E-state index contributed by atoms with van der Waals surface area (Å²) in [4.78, 5) is 46.7. The summed E-state index contributed by atoms with van der Waals surface area (Å²) in [5.41, 5.74) is 6.53. The molecule has 0 atom stereocenters. The Labute approximate surface area is 261 Å². The highest BCUT2D eigenvalue weighted by Gasteiger charge is 2.27. The molecule has 4 aromatic carbocycles. The van der Waals surface area contributed by atoms with Crippen molar-refractivity contribution in [1.29, 1.82) is 0 Å². The lowest BCUT2D eigenvalue weighted by Gasteiger charge is -2.32. The zero-order chi connectivity index (χ0) is 31.4. The monoisotopic (exact) mass is 606 g/mol. The largest absolute Gasteiger partial charge is 0.453 e. The lowest BCUT2D eigenvalue weighted by molar-refractivity contribution is -0.140. The number of nitrogens with zero attached hydrogens (tertiary/aromatic N) is 2. The van der Waals surface area contributed by atoms with Crippen LogP contribution in [0.4, 0.5) is 11.4 Å². The number of carbonyl (C=O) groups excluding carboxylic acids is 3. The average Bonchev–Trinajstić information content (AvgIpc) is 3.01. The minimum absolute atomic E-state index is 0.0858. The van der Waals surface area contributed by atoms with E-state index in [1.54, 1.807) is 30.0 Å². The fraction of sp³-hybridized carbons (Fsp3) is 0.222. The van der Waals surface area contributed by atoms with Gasteiger partial charge in [0.15, 0.2) is 17.3 Å². The maximum Gasteiger partial charge on any atom is 0.331 e. The van der Waals surface area contributed by atoms with E-state index in [0.29, 0.717) is 46.9 Å². The summed E-state index contributed by atoms with van der Waals surface area (Å²) in [6, 6.07) is 24.3. The topological polar surface area (TPSA) is 85.3 Å². The molecule has 0 saturated heterocycles. The Bertz CT molecular complexity index is 1780. The van der Waals surface area contributed by atoms with Gasteiger partial charge in [-0.25, -0.2) is 4.79 Å². The Hall–Kier alpha value is -4.69. The van der Waals surface area contributed by atoms with Gasteiger partial charge in [0.1, 0.15) is 5.71 Å². The molecule has 0 aliphatic carbocycles. The zero-order valence-electron chi connectivity index (χ0n) is 25.5. The molecular formula is C36H34N2O5S. The van der Waals surface area contributed by atoms with Crippen molar-refractivity contribution in [2.45, 2.75) is 45.9 Å². The summed E-state index contributed by atoms with van der Waals surface area (Å²) in [6.07, 6.45) is 0.302. The number of thioether (sulfide) groups is 1. The van der Waals surface area contributed by atoms with E-state index in [1.165, 1.54) is 6.92 Å². The van der Waals surface area contributed by atoms with E-state index in [4.69, 9.17) is 9.57 Å². The summed E-state index contributed by atoms with van der Waals surface area (Å²) < 4.78 is 6.33. The van der Waals surface area contributed by atoms with E-state index >= 15 is 0 Å². The summed E-state index contributed by atoms with van der Waals surface area (Å²) in [7, 11) is 0. The van der Waals surface area contributed by atoms with Crippen molar-refractivity contribution in [2.24, 2.45) is 5.16 Å². The van der Waals surface area contributed by atoms with Gasteiger partial charge in [-0.2, -0.15) is 0 Å². The van der Waals surface area contributed by atoms with Crippen molar-refractivity contribution in [2.75, 3.05) is 17.2 Å². The Morgan fingerprint density at radius 2 is 1.43 bits per heavy atom. The van der Waals surface area contributed by atoms with Crippen LogP contribution in [0.5, 0.6) is 11.5 Å². The number of anilines is 2. The molecule has 0 unspecified atom stereocenters. The van der Waals surface area contributed by atoms with Gasteiger partial charge in [0.25, 0.3) is 0 Å². The first kappa shape index (κ1) is 30.8. The quantitative estimate of drug-likeness (QED) is 0.0589. The first-order chi connectivity index (χ1) is 21.2. The van der Waals surface area contributed by atoms with Crippen molar-refractivity contribution >= 4 is 46.4 Å². The first-order valence-electron chi connectivity index (χ1n) is 14.5. The Morgan fingerprint density at radius 1 is 0.818 bits per heavy atom. The van der Waals surface area contributed by atoms with Gasteiger partial charge in [-0.05, 0) is 80.8 Å².